The lowest BCUT2D eigenvalue weighted by Crippen LogP contribution is -2.23. The predicted octanol–water partition coefficient (Wildman–Crippen LogP) is 2.74. The summed E-state index contributed by atoms with van der Waals surface area (Å²) in [5, 5.41) is 4.24. The highest BCUT2D eigenvalue weighted by atomic mass is 16.1. The van der Waals surface area contributed by atoms with Crippen molar-refractivity contribution in [3.05, 3.63) is 17.5 Å². The van der Waals surface area contributed by atoms with Crippen LogP contribution < -0.4 is 0 Å². The molecule has 1 aliphatic carbocycles. The minimum absolute atomic E-state index is 0.221. The molecule has 0 radical (unpaired) electrons. The molecule has 0 saturated heterocycles. The van der Waals surface area contributed by atoms with Gasteiger partial charge in [-0.1, -0.05) is 19.8 Å². The monoisotopic (exact) mass is 220 g/mol. The van der Waals surface area contributed by atoms with Crippen LogP contribution >= 0.6 is 0 Å². The van der Waals surface area contributed by atoms with E-state index in [0.29, 0.717) is 5.92 Å². The molecule has 1 fully saturated rings. The Balaban J connectivity index is 2.15. The van der Waals surface area contributed by atoms with Gasteiger partial charge in [0.25, 0.3) is 0 Å². The molecule has 3 nitrogen and oxygen atoms in total. The molecule has 2 unspecified atom stereocenters. The van der Waals surface area contributed by atoms with E-state index in [-0.39, 0.29) is 11.7 Å². The molecular formula is C13H20N2O. The van der Waals surface area contributed by atoms with E-state index >= 15 is 0 Å². The van der Waals surface area contributed by atoms with Gasteiger partial charge in [-0.15, -0.1) is 0 Å². The second-order valence-corrected chi connectivity index (χ2v) is 5.13. The van der Waals surface area contributed by atoms with Gasteiger partial charge in [0.15, 0.2) is 5.78 Å². The average Bonchev–Trinajstić information content (AvgIpc) is 2.57. The first-order chi connectivity index (χ1) is 7.58. The minimum Gasteiger partial charge on any atom is -0.292 e. The van der Waals surface area contributed by atoms with Gasteiger partial charge in [-0.05, 0) is 31.7 Å². The summed E-state index contributed by atoms with van der Waals surface area (Å²) in [7, 11) is 1.85. The number of aromatic nitrogens is 2. The Labute approximate surface area is 96.8 Å². The number of aryl methyl sites for hydroxylation is 2. The molecule has 16 heavy (non-hydrogen) atoms. The summed E-state index contributed by atoms with van der Waals surface area (Å²) in [6.07, 6.45) is 4.55. The standard InChI is InChI=1S/C13H20N2O/c1-9-5-4-6-11(7-9)13(16)12-8-10(2)14-15(12)3/h8-9,11H,4-7H2,1-3H3. The van der Waals surface area contributed by atoms with Crippen LogP contribution in [0.5, 0.6) is 0 Å². The minimum atomic E-state index is 0.221. The summed E-state index contributed by atoms with van der Waals surface area (Å²) in [5.74, 6) is 1.20. The number of ketones is 1. The van der Waals surface area contributed by atoms with Crippen molar-refractivity contribution in [2.24, 2.45) is 18.9 Å². The molecule has 1 heterocycles. The van der Waals surface area contributed by atoms with Gasteiger partial charge in [-0.2, -0.15) is 5.10 Å². The van der Waals surface area contributed by atoms with Crippen LogP contribution in [-0.4, -0.2) is 15.6 Å². The third kappa shape index (κ3) is 2.18. The fourth-order valence-electron chi connectivity index (χ4n) is 2.72. The highest BCUT2D eigenvalue weighted by Gasteiger charge is 2.27. The molecule has 1 aromatic heterocycles. The Kier molecular flexibility index (Phi) is 3.13. The van der Waals surface area contributed by atoms with Crippen molar-refractivity contribution in [2.75, 3.05) is 0 Å². The van der Waals surface area contributed by atoms with Crippen LogP contribution in [0.2, 0.25) is 0 Å². The number of hydrogen-bond donors (Lipinski definition) is 0. The second kappa shape index (κ2) is 4.40. The quantitative estimate of drug-likeness (QED) is 0.718. The van der Waals surface area contributed by atoms with E-state index in [9.17, 15) is 4.79 Å². The number of rotatable bonds is 2. The van der Waals surface area contributed by atoms with Crippen LogP contribution in [0.4, 0.5) is 0 Å². The largest absolute Gasteiger partial charge is 0.292 e. The van der Waals surface area contributed by atoms with E-state index in [0.717, 1.165) is 24.2 Å². The van der Waals surface area contributed by atoms with Crippen LogP contribution in [0, 0.1) is 18.8 Å². The van der Waals surface area contributed by atoms with Gasteiger partial charge in [0.05, 0.1) is 5.69 Å². The fourth-order valence-corrected chi connectivity index (χ4v) is 2.72. The van der Waals surface area contributed by atoms with Gasteiger partial charge in [-0.25, -0.2) is 0 Å². The highest BCUT2D eigenvalue weighted by molar-refractivity contribution is 5.96. The van der Waals surface area contributed by atoms with Crippen LogP contribution in [0.3, 0.4) is 0 Å². The van der Waals surface area contributed by atoms with E-state index in [1.54, 1.807) is 4.68 Å². The molecule has 1 saturated carbocycles. The lowest BCUT2D eigenvalue weighted by molar-refractivity contribution is 0.0858. The molecule has 0 aromatic carbocycles. The molecule has 88 valence electrons. The molecule has 0 N–H and O–H groups in total. The zero-order chi connectivity index (χ0) is 11.7. The topological polar surface area (TPSA) is 34.9 Å². The summed E-state index contributed by atoms with van der Waals surface area (Å²) in [5.41, 5.74) is 1.70. The first kappa shape index (κ1) is 11.4. The number of carbonyl (C=O) groups excluding carboxylic acids is 1. The summed E-state index contributed by atoms with van der Waals surface area (Å²) in [6.45, 7) is 4.17. The first-order valence-corrected chi connectivity index (χ1v) is 6.12. The number of Topliss-reactive ketones (excluding diaryl/α,β-unsaturated/α-hetero) is 1. The molecule has 3 heteroatoms. The molecule has 0 bridgehead atoms. The lowest BCUT2D eigenvalue weighted by Gasteiger charge is -2.25. The smallest absolute Gasteiger partial charge is 0.183 e. The molecule has 1 aromatic rings. The van der Waals surface area contributed by atoms with Gasteiger partial charge in [0, 0.05) is 13.0 Å². The van der Waals surface area contributed by atoms with Gasteiger partial charge < -0.3 is 0 Å². The SMILES string of the molecule is Cc1cc(C(=O)C2CCCC(C)C2)n(C)n1. The van der Waals surface area contributed by atoms with Crippen molar-refractivity contribution in [3.8, 4) is 0 Å². The summed E-state index contributed by atoms with van der Waals surface area (Å²) >= 11 is 0. The second-order valence-electron chi connectivity index (χ2n) is 5.13. The highest BCUT2D eigenvalue weighted by Crippen LogP contribution is 2.30. The van der Waals surface area contributed by atoms with Gasteiger partial charge in [0.2, 0.25) is 0 Å². The van der Waals surface area contributed by atoms with Crippen LogP contribution in [0.15, 0.2) is 6.07 Å². The van der Waals surface area contributed by atoms with Crippen molar-refractivity contribution >= 4 is 5.78 Å². The Morgan fingerprint density at radius 2 is 2.25 bits per heavy atom. The van der Waals surface area contributed by atoms with E-state index in [4.69, 9.17) is 0 Å². The Bertz CT molecular complexity index is 395. The van der Waals surface area contributed by atoms with Crippen molar-refractivity contribution in [3.63, 3.8) is 0 Å². The van der Waals surface area contributed by atoms with Crippen molar-refractivity contribution in [1.29, 1.82) is 0 Å². The van der Waals surface area contributed by atoms with Crippen LogP contribution in [-0.2, 0) is 7.05 Å². The fraction of sp³-hybridized carbons (Fsp3) is 0.692. The third-order valence-corrected chi connectivity index (χ3v) is 3.56. The normalized spacial score (nSPS) is 25.7. The summed E-state index contributed by atoms with van der Waals surface area (Å²) in [4.78, 5) is 12.3. The molecule has 0 aliphatic heterocycles. The zero-order valence-electron chi connectivity index (χ0n) is 10.4. The maximum absolute atomic E-state index is 12.3. The molecule has 2 rings (SSSR count). The zero-order valence-corrected chi connectivity index (χ0v) is 10.4. The third-order valence-electron chi connectivity index (χ3n) is 3.56. The van der Waals surface area contributed by atoms with E-state index in [1.807, 2.05) is 20.0 Å². The molecule has 1 aliphatic rings. The Morgan fingerprint density at radius 3 is 2.81 bits per heavy atom. The maximum Gasteiger partial charge on any atom is 0.183 e. The van der Waals surface area contributed by atoms with E-state index < -0.39 is 0 Å². The molecular weight excluding hydrogens is 200 g/mol. The number of nitrogens with zero attached hydrogens (tertiary/aromatic N) is 2. The van der Waals surface area contributed by atoms with Crippen LogP contribution in [0.25, 0.3) is 0 Å². The van der Waals surface area contributed by atoms with Gasteiger partial charge >= 0.3 is 0 Å². The Morgan fingerprint density at radius 1 is 1.50 bits per heavy atom. The van der Waals surface area contributed by atoms with Crippen LogP contribution in [0.1, 0.15) is 48.8 Å². The van der Waals surface area contributed by atoms with Crippen molar-refractivity contribution in [2.45, 2.75) is 39.5 Å². The maximum atomic E-state index is 12.3. The van der Waals surface area contributed by atoms with E-state index in [2.05, 4.69) is 12.0 Å². The molecule has 0 amide bonds. The molecule has 0 spiro atoms. The summed E-state index contributed by atoms with van der Waals surface area (Å²) in [6, 6.07) is 1.90. The lowest BCUT2D eigenvalue weighted by atomic mass is 9.79. The van der Waals surface area contributed by atoms with Gasteiger partial charge in [-0.3, -0.25) is 9.48 Å². The molecule has 2 atom stereocenters. The Hall–Kier alpha value is -1.12. The van der Waals surface area contributed by atoms with Gasteiger partial charge in [0.1, 0.15) is 5.69 Å². The van der Waals surface area contributed by atoms with Crippen molar-refractivity contribution in [1.82, 2.24) is 9.78 Å². The summed E-state index contributed by atoms with van der Waals surface area (Å²) < 4.78 is 1.72. The number of hydrogen-bond acceptors (Lipinski definition) is 2. The first-order valence-electron chi connectivity index (χ1n) is 6.12. The van der Waals surface area contributed by atoms with Crippen molar-refractivity contribution < 1.29 is 4.79 Å². The van der Waals surface area contributed by atoms with E-state index in [1.165, 1.54) is 12.8 Å². The average molecular weight is 220 g/mol. The number of carbonyl (C=O) groups is 1. The predicted molar refractivity (Wildman–Crippen MR) is 63.4 cm³/mol.